The van der Waals surface area contributed by atoms with Gasteiger partial charge in [-0.3, -0.25) is 14.6 Å². The van der Waals surface area contributed by atoms with Gasteiger partial charge in [-0.05, 0) is 85.8 Å². The lowest BCUT2D eigenvalue weighted by Crippen LogP contribution is -2.35. The molecule has 2 heterocycles. The zero-order valence-corrected chi connectivity index (χ0v) is 19.6. The number of nitrogens with zero attached hydrogens (tertiary/aromatic N) is 1. The summed E-state index contributed by atoms with van der Waals surface area (Å²) in [6, 6.07) is 17.6. The summed E-state index contributed by atoms with van der Waals surface area (Å²) < 4.78 is 5.32. The standard InChI is InChI=1S/C27H24N2O3S/c1-16-6-7-19(32-3)15-21(16)26(31)29-27(10-11-27)22-13-18(14-23-20(22)5-4-12-28-23)25-9-8-24(33-25)17(2)30/h4-9,12-15H,10-11H2,1-3H3,(H,29,31). The molecular formula is C27H24N2O3S. The Morgan fingerprint density at radius 2 is 1.91 bits per heavy atom. The highest BCUT2D eigenvalue weighted by molar-refractivity contribution is 7.17. The molecule has 0 unspecified atom stereocenters. The molecule has 1 amide bonds. The van der Waals surface area contributed by atoms with Crippen molar-refractivity contribution in [3.63, 3.8) is 0 Å². The highest BCUT2D eigenvalue weighted by Crippen LogP contribution is 2.49. The third-order valence-corrected chi connectivity index (χ3v) is 7.50. The van der Waals surface area contributed by atoms with E-state index in [1.807, 2.05) is 37.3 Å². The molecule has 2 aromatic carbocycles. The number of ether oxygens (including phenoxy) is 1. The lowest BCUT2D eigenvalue weighted by Gasteiger charge is -2.22. The number of carbonyl (C=O) groups excluding carboxylic acids is 2. The number of nitrogens with one attached hydrogen (secondary N) is 1. The van der Waals surface area contributed by atoms with Crippen LogP contribution in [0.15, 0.2) is 60.8 Å². The zero-order chi connectivity index (χ0) is 23.2. The van der Waals surface area contributed by atoms with E-state index in [1.165, 1.54) is 11.3 Å². The van der Waals surface area contributed by atoms with E-state index in [9.17, 15) is 9.59 Å². The Labute approximate surface area is 196 Å². The van der Waals surface area contributed by atoms with E-state index in [0.717, 1.165) is 50.2 Å². The normalized spacial score (nSPS) is 14.2. The van der Waals surface area contributed by atoms with Crippen LogP contribution >= 0.6 is 11.3 Å². The molecule has 0 radical (unpaired) electrons. The van der Waals surface area contributed by atoms with Gasteiger partial charge in [-0.25, -0.2) is 0 Å². The van der Waals surface area contributed by atoms with E-state index < -0.39 is 5.54 Å². The number of carbonyl (C=O) groups is 2. The monoisotopic (exact) mass is 456 g/mol. The molecule has 5 rings (SSSR count). The van der Waals surface area contributed by atoms with Crippen molar-refractivity contribution in [3.8, 4) is 16.2 Å². The average molecular weight is 457 g/mol. The van der Waals surface area contributed by atoms with Crippen LogP contribution in [-0.4, -0.2) is 23.8 Å². The summed E-state index contributed by atoms with van der Waals surface area (Å²) >= 11 is 1.48. The molecule has 1 aliphatic rings. The van der Waals surface area contributed by atoms with Crippen LogP contribution in [0, 0.1) is 6.92 Å². The number of Topliss-reactive ketones (excluding diaryl/α,β-unsaturated/α-hetero) is 1. The van der Waals surface area contributed by atoms with Crippen molar-refractivity contribution in [1.82, 2.24) is 10.3 Å². The van der Waals surface area contributed by atoms with Crippen molar-refractivity contribution in [1.29, 1.82) is 0 Å². The second-order valence-electron chi connectivity index (χ2n) is 8.53. The van der Waals surface area contributed by atoms with Crippen LogP contribution in [0.1, 0.15) is 50.9 Å². The summed E-state index contributed by atoms with van der Waals surface area (Å²) in [4.78, 5) is 31.5. The summed E-state index contributed by atoms with van der Waals surface area (Å²) in [6.45, 7) is 3.51. The average Bonchev–Trinajstić information content (AvgIpc) is 3.41. The van der Waals surface area contributed by atoms with Crippen LogP contribution in [-0.2, 0) is 5.54 Å². The van der Waals surface area contributed by atoms with Crippen LogP contribution < -0.4 is 10.1 Å². The van der Waals surface area contributed by atoms with Gasteiger partial charge in [0, 0.05) is 22.0 Å². The van der Waals surface area contributed by atoms with Crippen molar-refractivity contribution in [2.24, 2.45) is 0 Å². The van der Waals surface area contributed by atoms with Gasteiger partial charge in [0.1, 0.15) is 5.75 Å². The first-order valence-corrected chi connectivity index (χ1v) is 11.7. The largest absolute Gasteiger partial charge is 0.497 e. The van der Waals surface area contributed by atoms with Crippen LogP contribution in [0.25, 0.3) is 21.3 Å². The maximum Gasteiger partial charge on any atom is 0.252 e. The first-order chi connectivity index (χ1) is 15.9. The maximum atomic E-state index is 13.3. The first-order valence-electron chi connectivity index (χ1n) is 10.9. The van der Waals surface area contributed by atoms with Crippen LogP contribution in [0.2, 0.25) is 0 Å². The maximum absolute atomic E-state index is 13.3. The molecule has 0 saturated heterocycles. The summed E-state index contributed by atoms with van der Waals surface area (Å²) in [5, 5.41) is 4.35. The molecule has 1 saturated carbocycles. The molecule has 0 spiro atoms. The number of hydrogen-bond acceptors (Lipinski definition) is 5. The van der Waals surface area contributed by atoms with Gasteiger partial charge in [-0.1, -0.05) is 12.1 Å². The Hall–Kier alpha value is -3.51. The lowest BCUT2D eigenvalue weighted by atomic mass is 9.95. The fourth-order valence-corrected chi connectivity index (χ4v) is 5.14. The van der Waals surface area contributed by atoms with E-state index in [2.05, 4.69) is 28.5 Å². The van der Waals surface area contributed by atoms with E-state index in [1.54, 1.807) is 26.3 Å². The minimum Gasteiger partial charge on any atom is -0.497 e. The fourth-order valence-electron chi connectivity index (χ4n) is 4.25. The number of rotatable bonds is 6. The molecule has 4 aromatic rings. The van der Waals surface area contributed by atoms with Crippen molar-refractivity contribution >= 4 is 33.9 Å². The van der Waals surface area contributed by atoms with Gasteiger partial charge in [0.15, 0.2) is 5.78 Å². The Balaban J connectivity index is 1.57. The second-order valence-corrected chi connectivity index (χ2v) is 9.61. The predicted molar refractivity (Wildman–Crippen MR) is 131 cm³/mol. The van der Waals surface area contributed by atoms with Gasteiger partial charge in [0.2, 0.25) is 0 Å². The Bertz CT molecular complexity index is 1400. The Morgan fingerprint density at radius 3 is 2.61 bits per heavy atom. The second kappa shape index (κ2) is 8.12. The molecule has 1 N–H and O–H groups in total. The third-order valence-electron chi connectivity index (χ3n) is 6.27. The topological polar surface area (TPSA) is 68.3 Å². The van der Waals surface area contributed by atoms with Crippen molar-refractivity contribution in [3.05, 3.63) is 82.4 Å². The molecular weight excluding hydrogens is 432 g/mol. The number of benzene rings is 2. The van der Waals surface area contributed by atoms with Gasteiger partial charge < -0.3 is 10.1 Å². The molecule has 6 heteroatoms. The van der Waals surface area contributed by atoms with Gasteiger partial charge in [-0.2, -0.15) is 0 Å². The minimum atomic E-state index is -0.440. The quantitative estimate of drug-likeness (QED) is 0.367. The summed E-state index contributed by atoms with van der Waals surface area (Å²) in [5.41, 5.74) is 4.02. The number of aryl methyl sites for hydroxylation is 1. The number of aromatic nitrogens is 1. The number of hydrogen-bond donors (Lipinski definition) is 1. The molecule has 33 heavy (non-hydrogen) atoms. The van der Waals surface area contributed by atoms with E-state index in [0.29, 0.717) is 11.3 Å². The molecule has 1 fully saturated rings. The number of pyridine rings is 1. The van der Waals surface area contributed by atoms with Crippen LogP contribution in [0.5, 0.6) is 5.75 Å². The highest BCUT2D eigenvalue weighted by atomic mass is 32.1. The van der Waals surface area contributed by atoms with Crippen LogP contribution in [0.4, 0.5) is 0 Å². The highest BCUT2D eigenvalue weighted by Gasteiger charge is 2.47. The molecule has 166 valence electrons. The lowest BCUT2D eigenvalue weighted by molar-refractivity contribution is 0.0929. The fraction of sp³-hybridized carbons (Fsp3) is 0.222. The van der Waals surface area contributed by atoms with Crippen molar-refractivity contribution < 1.29 is 14.3 Å². The van der Waals surface area contributed by atoms with E-state index >= 15 is 0 Å². The minimum absolute atomic E-state index is 0.0602. The molecule has 0 aliphatic heterocycles. The summed E-state index contributed by atoms with van der Waals surface area (Å²) in [7, 11) is 1.60. The SMILES string of the molecule is COc1ccc(C)c(C(=O)NC2(c3cc(-c4ccc(C(C)=O)s4)cc4ncccc34)CC2)c1. The number of ketones is 1. The smallest absolute Gasteiger partial charge is 0.252 e. The van der Waals surface area contributed by atoms with E-state index in [-0.39, 0.29) is 11.7 Å². The molecule has 0 bridgehead atoms. The van der Waals surface area contributed by atoms with E-state index in [4.69, 9.17) is 4.74 Å². The first kappa shape index (κ1) is 21.3. The molecule has 2 aromatic heterocycles. The van der Waals surface area contributed by atoms with Gasteiger partial charge in [0.25, 0.3) is 5.91 Å². The zero-order valence-electron chi connectivity index (χ0n) is 18.8. The number of thiophene rings is 1. The number of methoxy groups -OCH3 is 1. The number of amides is 1. The Kier molecular flexibility index (Phi) is 5.25. The molecule has 0 atom stereocenters. The van der Waals surface area contributed by atoms with Crippen molar-refractivity contribution in [2.45, 2.75) is 32.2 Å². The third kappa shape index (κ3) is 3.91. The number of fused-ring (bicyclic) bond motifs is 1. The molecule has 1 aliphatic carbocycles. The Morgan fingerprint density at radius 1 is 1.09 bits per heavy atom. The van der Waals surface area contributed by atoms with Gasteiger partial charge in [0.05, 0.1) is 23.0 Å². The van der Waals surface area contributed by atoms with Gasteiger partial charge >= 0.3 is 0 Å². The molecule has 5 nitrogen and oxygen atoms in total. The summed E-state index contributed by atoms with van der Waals surface area (Å²) in [5.74, 6) is 0.609. The van der Waals surface area contributed by atoms with Gasteiger partial charge in [-0.15, -0.1) is 11.3 Å². The van der Waals surface area contributed by atoms with Crippen LogP contribution in [0.3, 0.4) is 0 Å². The predicted octanol–water partition coefficient (Wildman–Crippen LogP) is 5.90. The summed E-state index contributed by atoms with van der Waals surface area (Å²) in [6.07, 6.45) is 3.50. The van der Waals surface area contributed by atoms with Crippen molar-refractivity contribution in [2.75, 3.05) is 7.11 Å².